The minimum atomic E-state index is -5.50. The molecular weight excluding hydrogens is 362 g/mol. The number of halogens is 1. The van der Waals surface area contributed by atoms with Crippen LogP contribution in [0, 0.1) is 0 Å². The van der Waals surface area contributed by atoms with Crippen LogP contribution in [0.3, 0.4) is 0 Å². The molecule has 0 heterocycles. The second kappa shape index (κ2) is 15.0. The fourth-order valence-corrected chi connectivity index (χ4v) is 1.56. The Kier molecular flexibility index (Phi) is 35.4. The van der Waals surface area contributed by atoms with Crippen LogP contribution in [0.15, 0.2) is 0 Å². The van der Waals surface area contributed by atoms with Crippen LogP contribution in [0.5, 0.6) is 0 Å². The van der Waals surface area contributed by atoms with Gasteiger partial charge in [0.25, 0.3) is 0 Å². The predicted molar refractivity (Wildman–Crippen MR) is 24.9 cm³/mol. The van der Waals surface area contributed by atoms with Gasteiger partial charge < -0.3 is 28.7 Å². The predicted octanol–water partition coefficient (Wildman–Crippen LogP) is -14.6. The second-order valence-electron chi connectivity index (χ2n) is 1.39. The molecule has 0 rings (SSSR count). The first-order chi connectivity index (χ1) is 4.15. The van der Waals surface area contributed by atoms with Crippen molar-refractivity contribution in [1.29, 1.82) is 0 Å². The zero-order chi connectivity index (χ0) is 8.58. The minimum Gasteiger partial charge on any atom is -0.809 e. The van der Waals surface area contributed by atoms with Crippen molar-refractivity contribution in [2.75, 3.05) is 0 Å². The molecule has 0 aliphatic heterocycles. The van der Waals surface area contributed by atoms with Gasteiger partial charge in [0.2, 0.25) is 0 Å². The largest absolute Gasteiger partial charge is 1.00 e. The van der Waals surface area contributed by atoms with E-state index in [-0.39, 0.29) is 206 Å². The van der Waals surface area contributed by atoms with Crippen LogP contribution in [0.2, 0.25) is 0 Å². The van der Waals surface area contributed by atoms with Crippen LogP contribution < -0.4 is 225 Å². The average Bonchev–Trinajstić information content (AvgIpc) is 1.59. The maximum atomic E-state index is 9.75. The third-order valence-electron chi connectivity index (χ3n) is 0.522. The molecule has 0 radical (unpaired) electrons. The molecule has 0 bridgehead atoms. The van der Waals surface area contributed by atoms with Crippen LogP contribution in [0.4, 0.5) is 0 Å². The van der Waals surface area contributed by atoms with Crippen LogP contribution in [-0.2, 0) is 9.13 Å². The van der Waals surface area contributed by atoms with Crippen molar-refractivity contribution in [3.63, 3.8) is 0 Å². The van der Waals surface area contributed by atoms with E-state index in [2.05, 4.69) is 11.6 Å². The van der Waals surface area contributed by atoms with Crippen LogP contribution >= 0.6 is 26.8 Å². The molecule has 0 aromatic carbocycles. The maximum Gasteiger partial charge on any atom is 1.00 e. The molecule has 0 amide bonds. The van der Waals surface area contributed by atoms with Gasteiger partial charge in [0.15, 0.2) is 0 Å². The van der Waals surface area contributed by atoms with Gasteiger partial charge in [0.1, 0.15) is 0 Å². The van der Waals surface area contributed by atoms with E-state index in [1.54, 1.807) is 0 Å². The van der Waals surface area contributed by atoms with Crippen molar-refractivity contribution in [1.82, 2.24) is 0 Å². The maximum absolute atomic E-state index is 9.75. The Bertz CT molecular complexity index is 190. The molecule has 0 saturated carbocycles. The Hall–Kier alpha value is 7.14. The van der Waals surface area contributed by atoms with Crippen LogP contribution in [-0.4, -0.2) is 4.86 Å². The van der Waals surface area contributed by atoms with Gasteiger partial charge in [-0.15, -0.1) is 11.6 Å². The van der Waals surface area contributed by atoms with E-state index in [1.165, 1.54) is 0 Å². The van der Waals surface area contributed by atoms with Gasteiger partial charge in [0.05, 0.1) is 4.86 Å². The molecule has 0 aliphatic carbocycles. The van der Waals surface area contributed by atoms with Gasteiger partial charge in [-0.1, -0.05) is 0 Å². The van der Waals surface area contributed by atoms with E-state index in [0.717, 1.165) is 0 Å². The quantitative estimate of drug-likeness (QED) is 0.273. The summed E-state index contributed by atoms with van der Waals surface area (Å²) >= 11 is 4.46. The molecule has 62 valence electrons. The van der Waals surface area contributed by atoms with E-state index in [1.807, 2.05) is 0 Å². The first-order valence-corrected chi connectivity index (χ1v) is 5.49. The number of alkyl halides is 1. The third kappa shape index (κ3) is 17.2. The number of hydrogen-bond donors (Lipinski definition) is 0. The van der Waals surface area contributed by atoms with E-state index in [4.69, 9.17) is 0 Å². The van der Waals surface area contributed by atoms with Gasteiger partial charge in [-0.05, 0) is 15.2 Å². The minimum absolute atomic E-state index is 0. The normalized spacial score (nSPS) is 10.1. The fraction of sp³-hybridized carbons (Fsp3) is 1.00. The third-order valence-corrected chi connectivity index (χ3v) is 4.70. The monoisotopic (exact) mass is 362 g/mol. The number of rotatable bonds is 2. The Labute approximate surface area is 257 Å². The summed E-state index contributed by atoms with van der Waals surface area (Å²) < 4.78 is 19.5. The molecule has 0 saturated heterocycles. The van der Waals surface area contributed by atoms with Gasteiger partial charge in [-0.25, -0.2) is 0 Å². The molecule has 14 heavy (non-hydrogen) atoms. The summed E-state index contributed by atoms with van der Waals surface area (Å²) in [6.07, 6.45) is 0. The summed E-state index contributed by atoms with van der Waals surface area (Å²) in [6.45, 7) is 0. The molecule has 0 spiro atoms. The first kappa shape index (κ1) is 32.9. The van der Waals surface area contributed by atoms with Gasteiger partial charge in [0, 0.05) is 0 Å². The Morgan fingerprint density at radius 2 is 0.929 bits per heavy atom. The summed E-state index contributed by atoms with van der Waals surface area (Å²) in [4.78, 5) is 36.1. The Balaban J connectivity index is -0.0000000675. The van der Waals surface area contributed by atoms with Crippen LogP contribution in [0.1, 0.15) is 0 Å². The fourth-order valence-electron chi connectivity index (χ4n) is 0.173. The Morgan fingerprint density at radius 3 is 0.929 bits per heavy atom. The van der Waals surface area contributed by atoms with Crippen molar-refractivity contribution in [3.05, 3.63) is 0 Å². The van der Waals surface area contributed by atoms with E-state index in [9.17, 15) is 28.7 Å². The topological polar surface area (TPSA) is 126 Å². The van der Waals surface area contributed by atoms with Crippen molar-refractivity contribution in [2.24, 2.45) is 0 Å². The standard InChI is InChI=1S/CH5ClO6P2.4K/c2-1(9(3,4)5)10(6,7)8;;;;/h1H,(H2,3,4,5)(H2,6,7,8);;;;/q;4*+1/p-4. The molecule has 0 unspecified atom stereocenters. The summed E-state index contributed by atoms with van der Waals surface area (Å²) in [7, 11) is -11.0. The van der Waals surface area contributed by atoms with Crippen molar-refractivity contribution in [3.8, 4) is 0 Å². The summed E-state index contributed by atoms with van der Waals surface area (Å²) in [5.74, 6) is 0. The first-order valence-electron chi connectivity index (χ1n) is 1.83. The molecular formula is CHClK4O6P2. The Morgan fingerprint density at radius 1 is 0.786 bits per heavy atom. The second-order valence-corrected chi connectivity index (χ2v) is 6.03. The molecule has 0 aliphatic rings. The molecule has 0 aromatic heterocycles. The molecule has 0 fully saturated rings. The van der Waals surface area contributed by atoms with Gasteiger partial charge in [-0.3, -0.25) is 0 Å². The van der Waals surface area contributed by atoms with Crippen LogP contribution in [0.25, 0.3) is 0 Å². The smallest absolute Gasteiger partial charge is 0.809 e. The summed E-state index contributed by atoms with van der Waals surface area (Å²) in [5, 5.41) is 0. The zero-order valence-electron chi connectivity index (χ0n) is 8.30. The average molecular weight is 363 g/mol. The summed E-state index contributed by atoms with van der Waals surface area (Å²) in [5.41, 5.74) is 0. The van der Waals surface area contributed by atoms with E-state index >= 15 is 0 Å². The van der Waals surface area contributed by atoms with Gasteiger partial charge in [-0.2, -0.15) is 0 Å². The molecule has 0 N–H and O–H groups in total. The van der Waals surface area contributed by atoms with E-state index in [0.29, 0.717) is 0 Å². The summed E-state index contributed by atoms with van der Waals surface area (Å²) in [6, 6.07) is 0. The van der Waals surface area contributed by atoms with Crippen molar-refractivity contribution >= 4 is 26.8 Å². The molecule has 0 atom stereocenters. The zero-order valence-corrected chi connectivity index (χ0v) is 23.3. The molecule has 6 nitrogen and oxygen atoms in total. The van der Waals surface area contributed by atoms with E-state index < -0.39 is 20.1 Å². The number of hydrogen-bond acceptors (Lipinski definition) is 6. The molecule has 0 aromatic rings. The van der Waals surface area contributed by atoms with Gasteiger partial charge >= 0.3 is 206 Å². The van der Waals surface area contributed by atoms with Crippen molar-refractivity contribution < 1.29 is 234 Å². The van der Waals surface area contributed by atoms with Crippen molar-refractivity contribution in [2.45, 2.75) is 4.86 Å². The molecule has 13 heteroatoms. The SMILES string of the molecule is O=P([O-])([O-])C(Cl)P(=O)([O-])[O-].[K+].[K+].[K+].[K+].